The summed E-state index contributed by atoms with van der Waals surface area (Å²) in [6, 6.07) is 26.0. The first-order valence-electron chi connectivity index (χ1n) is 7.38. The molecule has 0 unspecified atom stereocenters. The Balaban J connectivity index is 1.84. The Morgan fingerprint density at radius 1 is 0.680 bits per heavy atom. The molecule has 0 atom stereocenters. The minimum atomic E-state index is -4.07. The summed E-state index contributed by atoms with van der Waals surface area (Å²) in [4.78, 5) is 0. The first-order chi connectivity index (χ1) is 12.1. The fourth-order valence-corrected chi connectivity index (χ4v) is 6.57. The van der Waals surface area contributed by atoms with Gasteiger partial charge in [-0.3, -0.25) is 0 Å². The quantitative estimate of drug-likeness (QED) is 0.367. The van der Waals surface area contributed by atoms with E-state index in [1.165, 1.54) is 0 Å². The van der Waals surface area contributed by atoms with Crippen molar-refractivity contribution in [1.82, 2.24) is 0 Å². The Morgan fingerprint density at radius 2 is 1.08 bits per heavy atom. The SMILES string of the molecule is O=P(Oc1ccccc1)(Oc1ccccc1)OI(O)c1ccccc1. The molecule has 3 aromatic carbocycles. The van der Waals surface area contributed by atoms with E-state index in [2.05, 4.69) is 0 Å². The van der Waals surface area contributed by atoms with E-state index in [1.54, 1.807) is 72.8 Å². The van der Waals surface area contributed by atoms with Crippen LogP contribution in [0.3, 0.4) is 0 Å². The van der Waals surface area contributed by atoms with Crippen molar-refractivity contribution in [2.75, 3.05) is 0 Å². The number of phosphoric acid groups is 1. The molecule has 0 spiro atoms. The molecule has 7 heteroatoms. The number of para-hydroxylation sites is 2. The third-order valence-electron chi connectivity index (χ3n) is 2.99. The summed E-state index contributed by atoms with van der Waals surface area (Å²) in [5.41, 5.74) is 0. The summed E-state index contributed by atoms with van der Waals surface area (Å²) in [5.74, 6) is 0.665. The molecule has 0 bridgehead atoms. The van der Waals surface area contributed by atoms with Crippen LogP contribution in [-0.4, -0.2) is 3.44 Å². The Bertz CT molecular complexity index is 784. The van der Waals surface area contributed by atoms with Crippen LogP contribution in [0.2, 0.25) is 0 Å². The molecule has 0 aliphatic heterocycles. The molecular weight excluding hydrogens is 454 g/mol. The number of benzene rings is 3. The van der Waals surface area contributed by atoms with E-state index >= 15 is 0 Å². The molecule has 1 N–H and O–H groups in total. The topological polar surface area (TPSA) is 65.0 Å². The number of halogens is 1. The predicted octanol–water partition coefficient (Wildman–Crippen LogP) is 5.47. The maximum atomic E-state index is 13.1. The molecule has 130 valence electrons. The van der Waals surface area contributed by atoms with Gasteiger partial charge >= 0.3 is 154 Å². The second kappa shape index (κ2) is 8.49. The van der Waals surface area contributed by atoms with Crippen molar-refractivity contribution in [3.8, 4) is 11.5 Å². The van der Waals surface area contributed by atoms with E-state index in [9.17, 15) is 8.00 Å². The first kappa shape index (κ1) is 17.9. The summed E-state index contributed by atoms with van der Waals surface area (Å²) in [7, 11) is -4.07. The summed E-state index contributed by atoms with van der Waals surface area (Å²) in [5, 5.41) is 0. The second-order valence-corrected chi connectivity index (χ2v) is 9.99. The monoisotopic (exact) mass is 470 g/mol. The second-order valence-electron chi connectivity index (χ2n) is 4.85. The first-order valence-corrected chi connectivity index (χ1v) is 11.8. The van der Waals surface area contributed by atoms with Gasteiger partial charge in [0.15, 0.2) is 0 Å². The Kier molecular flexibility index (Phi) is 6.09. The van der Waals surface area contributed by atoms with E-state index in [1.807, 2.05) is 18.2 Å². The summed E-state index contributed by atoms with van der Waals surface area (Å²) >= 11 is -3.18. The van der Waals surface area contributed by atoms with E-state index in [0.29, 0.717) is 15.1 Å². The van der Waals surface area contributed by atoms with Gasteiger partial charge in [0.25, 0.3) is 0 Å². The van der Waals surface area contributed by atoms with Crippen molar-refractivity contribution in [1.29, 1.82) is 0 Å². The Morgan fingerprint density at radius 3 is 1.52 bits per heavy atom. The van der Waals surface area contributed by atoms with Gasteiger partial charge in [-0.1, -0.05) is 0 Å². The van der Waals surface area contributed by atoms with E-state index in [0.717, 1.165) is 0 Å². The number of hydrogen-bond acceptors (Lipinski definition) is 5. The average Bonchev–Trinajstić information content (AvgIpc) is 2.64. The summed E-state index contributed by atoms with van der Waals surface area (Å²) < 4.78 is 40.6. The van der Waals surface area contributed by atoms with Gasteiger partial charge < -0.3 is 0 Å². The van der Waals surface area contributed by atoms with Crippen LogP contribution < -0.4 is 9.05 Å². The molecule has 3 aromatic rings. The van der Waals surface area contributed by atoms with E-state index < -0.39 is 28.5 Å². The fraction of sp³-hybridized carbons (Fsp3) is 0. The molecule has 0 radical (unpaired) electrons. The van der Waals surface area contributed by atoms with Gasteiger partial charge in [0.05, 0.1) is 0 Å². The molecule has 3 rings (SSSR count). The number of phosphoric ester groups is 1. The summed E-state index contributed by atoms with van der Waals surface area (Å²) in [6.45, 7) is 0. The van der Waals surface area contributed by atoms with Crippen molar-refractivity contribution in [2.24, 2.45) is 0 Å². The number of hydrogen-bond donors (Lipinski definition) is 1. The van der Waals surface area contributed by atoms with Gasteiger partial charge in [0.2, 0.25) is 0 Å². The van der Waals surface area contributed by atoms with Gasteiger partial charge in [-0.15, -0.1) is 0 Å². The zero-order valence-electron chi connectivity index (χ0n) is 13.1. The van der Waals surface area contributed by atoms with Crippen LogP contribution in [0.5, 0.6) is 11.5 Å². The van der Waals surface area contributed by atoms with Gasteiger partial charge in [0, 0.05) is 0 Å². The number of rotatable bonds is 7. The molecule has 0 aliphatic rings. The molecule has 0 heterocycles. The predicted molar refractivity (Wildman–Crippen MR) is 104 cm³/mol. The van der Waals surface area contributed by atoms with Gasteiger partial charge in [-0.05, 0) is 0 Å². The molecule has 0 saturated carbocycles. The Hall–Kier alpha value is -1.86. The van der Waals surface area contributed by atoms with Crippen LogP contribution in [0.4, 0.5) is 0 Å². The van der Waals surface area contributed by atoms with Crippen molar-refractivity contribution in [3.63, 3.8) is 0 Å². The van der Waals surface area contributed by atoms with Crippen LogP contribution in [0.1, 0.15) is 0 Å². The Labute approximate surface area is 154 Å². The van der Waals surface area contributed by atoms with Crippen LogP contribution >= 0.6 is 28.5 Å². The van der Waals surface area contributed by atoms with E-state index in [-0.39, 0.29) is 0 Å². The molecule has 25 heavy (non-hydrogen) atoms. The van der Waals surface area contributed by atoms with Gasteiger partial charge in [-0.2, -0.15) is 0 Å². The van der Waals surface area contributed by atoms with E-state index in [4.69, 9.17) is 11.9 Å². The molecule has 0 fully saturated rings. The van der Waals surface area contributed by atoms with Crippen LogP contribution in [-0.2, 0) is 7.42 Å². The van der Waals surface area contributed by atoms with Crippen LogP contribution in [0.15, 0.2) is 91.0 Å². The fourth-order valence-electron chi connectivity index (χ4n) is 1.91. The van der Waals surface area contributed by atoms with Crippen LogP contribution in [0, 0.1) is 3.57 Å². The van der Waals surface area contributed by atoms with Gasteiger partial charge in [-0.25, -0.2) is 0 Å². The summed E-state index contributed by atoms with van der Waals surface area (Å²) in [6.07, 6.45) is 0. The molecule has 0 aromatic heterocycles. The molecule has 0 saturated heterocycles. The average molecular weight is 470 g/mol. The molecule has 5 nitrogen and oxygen atoms in total. The van der Waals surface area contributed by atoms with Crippen molar-refractivity contribution < 1.29 is 19.9 Å². The third-order valence-corrected chi connectivity index (χ3v) is 8.51. The van der Waals surface area contributed by atoms with Crippen LogP contribution in [0.25, 0.3) is 0 Å². The molecule has 0 amide bonds. The van der Waals surface area contributed by atoms with Gasteiger partial charge in [0.1, 0.15) is 0 Å². The maximum absolute atomic E-state index is 13.1. The van der Waals surface area contributed by atoms with Crippen molar-refractivity contribution in [3.05, 3.63) is 94.6 Å². The molecular formula is C18H16IO5P. The normalized spacial score (nSPS) is 11.6. The molecule has 0 aliphatic carbocycles. The van der Waals surface area contributed by atoms with Crippen molar-refractivity contribution >= 4 is 28.5 Å². The zero-order chi connectivity index (χ0) is 17.5. The zero-order valence-corrected chi connectivity index (χ0v) is 16.1. The minimum absolute atomic E-state index is 0.332. The van der Waals surface area contributed by atoms with Crippen molar-refractivity contribution in [2.45, 2.75) is 0 Å². The third kappa shape index (κ3) is 5.31. The standard InChI is InChI=1S/C18H16IO5P/c20-19(16-10-4-1-5-11-16)24-25(21,22-17-12-6-2-7-13-17)23-18-14-8-3-9-15-18/h1-15,20H.